The molecule has 3 rings (SSSR count). The summed E-state index contributed by atoms with van der Waals surface area (Å²) >= 11 is 11.8. The van der Waals surface area contributed by atoms with Crippen LogP contribution in [-0.2, 0) is 4.79 Å². The number of benzene rings is 2. The van der Waals surface area contributed by atoms with E-state index in [9.17, 15) is 9.59 Å². The zero-order valence-electron chi connectivity index (χ0n) is 15.0. The summed E-state index contributed by atoms with van der Waals surface area (Å²) in [5, 5.41) is 12.6. The number of anilines is 1. The van der Waals surface area contributed by atoms with E-state index in [0.29, 0.717) is 53.0 Å². The highest BCUT2D eigenvalue weighted by Gasteiger charge is 2.23. The van der Waals surface area contributed by atoms with Crippen LogP contribution >= 0.6 is 23.2 Å². The predicted molar refractivity (Wildman–Crippen MR) is 109 cm³/mol. The van der Waals surface area contributed by atoms with Gasteiger partial charge in [0.25, 0.3) is 5.91 Å². The predicted octanol–water partition coefficient (Wildman–Crippen LogP) is 3.26. The Hall–Kier alpha value is -2.59. The summed E-state index contributed by atoms with van der Waals surface area (Å²) in [5.74, 6) is -0.203. The molecule has 0 bridgehead atoms. The average molecular weight is 417 g/mol. The summed E-state index contributed by atoms with van der Waals surface area (Å²) in [6, 6.07) is 13.6. The third-order valence-electron chi connectivity index (χ3n) is 4.49. The van der Waals surface area contributed by atoms with Crippen LogP contribution in [0.15, 0.2) is 42.5 Å². The summed E-state index contributed by atoms with van der Waals surface area (Å²) in [6.45, 7) is 2.55. The van der Waals surface area contributed by atoms with Gasteiger partial charge in [0.1, 0.15) is 6.07 Å². The van der Waals surface area contributed by atoms with E-state index in [2.05, 4.69) is 5.32 Å². The lowest BCUT2D eigenvalue weighted by Crippen LogP contribution is -2.50. The van der Waals surface area contributed by atoms with Gasteiger partial charge in [-0.05, 0) is 42.5 Å². The molecule has 1 heterocycles. The summed E-state index contributed by atoms with van der Waals surface area (Å²) in [7, 11) is 0. The van der Waals surface area contributed by atoms with Gasteiger partial charge < -0.3 is 10.2 Å². The number of rotatable bonds is 4. The van der Waals surface area contributed by atoms with E-state index in [-0.39, 0.29) is 18.4 Å². The Kier molecular flexibility index (Phi) is 6.53. The molecule has 2 aromatic carbocycles. The normalized spacial score (nSPS) is 14.4. The van der Waals surface area contributed by atoms with Crippen molar-refractivity contribution in [2.45, 2.75) is 0 Å². The van der Waals surface area contributed by atoms with Gasteiger partial charge in [-0.15, -0.1) is 0 Å². The van der Waals surface area contributed by atoms with Gasteiger partial charge in [0.05, 0.1) is 17.1 Å². The molecule has 0 radical (unpaired) electrons. The summed E-state index contributed by atoms with van der Waals surface area (Å²) in [5.41, 5.74) is 1.51. The van der Waals surface area contributed by atoms with Crippen molar-refractivity contribution in [1.29, 1.82) is 5.26 Å². The van der Waals surface area contributed by atoms with E-state index in [0.717, 1.165) is 0 Å². The molecule has 0 aromatic heterocycles. The molecule has 0 atom stereocenters. The Bertz CT molecular complexity index is 917. The largest absolute Gasteiger partial charge is 0.336 e. The molecule has 2 aromatic rings. The quantitative estimate of drug-likeness (QED) is 0.829. The smallest absolute Gasteiger partial charge is 0.253 e. The summed E-state index contributed by atoms with van der Waals surface area (Å²) in [4.78, 5) is 28.5. The number of halogens is 2. The second-order valence-corrected chi connectivity index (χ2v) is 7.27. The van der Waals surface area contributed by atoms with Crippen LogP contribution in [0.25, 0.3) is 0 Å². The maximum atomic E-state index is 12.5. The fourth-order valence-corrected chi connectivity index (χ4v) is 3.32. The van der Waals surface area contributed by atoms with Gasteiger partial charge in [-0.25, -0.2) is 0 Å². The second kappa shape index (κ2) is 9.07. The van der Waals surface area contributed by atoms with Gasteiger partial charge in [-0.3, -0.25) is 14.5 Å². The van der Waals surface area contributed by atoms with Crippen molar-refractivity contribution >= 4 is 40.7 Å². The Balaban J connectivity index is 1.49. The SMILES string of the molecule is N#Cc1ccc(NC(=O)CN2CCN(C(=O)c3ccc(Cl)cc3)CC2)cc1Cl. The molecular formula is C20H18Cl2N4O2. The Labute approximate surface area is 173 Å². The molecule has 1 aliphatic rings. The number of hydrogen-bond acceptors (Lipinski definition) is 4. The molecule has 2 amide bonds. The van der Waals surface area contributed by atoms with Crippen LogP contribution in [-0.4, -0.2) is 54.3 Å². The van der Waals surface area contributed by atoms with Crippen LogP contribution in [0.2, 0.25) is 10.0 Å². The lowest BCUT2D eigenvalue weighted by atomic mass is 10.2. The van der Waals surface area contributed by atoms with E-state index in [1.54, 1.807) is 47.4 Å². The van der Waals surface area contributed by atoms with Crippen LogP contribution in [0.1, 0.15) is 15.9 Å². The lowest BCUT2D eigenvalue weighted by molar-refractivity contribution is -0.117. The van der Waals surface area contributed by atoms with Crippen molar-refractivity contribution < 1.29 is 9.59 Å². The van der Waals surface area contributed by atoms with Crippen LogP contribution < -0.4 is 5.32 Å². The summed E-state index contributed by atoms with van der Waals surface area (Å²) in [6.07, 6.45) is 0. The number of nitriles is 1. The Morgan fingerprint density at radius 1 is 1.04 bits per heavy atom. The molecule has 0 aliphatic carbocycles. The monoisotopic (exact) mass is 416 g/mol. The van der Waals surface area contributed by atoms with Gasteiger partial charge in [-0.2, -0.15) is 5.26 Å². The van der Waals surface area contributed by atoms with Gasteiger partial charge in [0.2, 0.25) is 5.91 Å². The van der Waals surface area contributed by atoms with Crippen molar-refractivity contribution in [3.63, 3.8) is 0 Å². The zero-order valence-corrected chi connectivity index (χ0v) is 16.5. The third kappa shape index (κ3) is 5.02. The maximum absolute atomic E-state index is 12.5. The molecule has 1 aliphatic heterocycles. The van der Waals surface area contributed by atoms with Crippen molar-refractivity contribution in [2.24, 2.45) is 0 Å². The molecule has 144 valence electrons. The molecule has 6 nitrogen and oxygen atoms in total. The van der Waals surface area contributed by atoms with Gasteiger partial charge in [-0.1, -0.05) is 23.2 Å². The number of hydrogen-bond donors (Lipinski definition) is 1. The molecule has 0 saturated carbocycles. The first-order chi connectivity index (χ1) is 13.5. The number of nitrogens with zero attached hydrogens (tertiary/aromatic N) is 3. The Morgan fingerprint density at radius 2 is 1.71 bits per heavy atom. The lowest BCUT2D eigenvalue weighted by Gasteiger charge is -2.34. The molecular weight excluding hydrogens is 399 g/mol. The minimum absolute atomic E-state index is 0.0343. The van der Waals surface area contributed by atoms with E-state index in [4.69, 9.17) is 28.5 Å². The standard InChI is InChI=1S/C20H18Cl2N4O2/c21-16-4-1-14(2-5-16)20(28)26-9-7-25(8-10-26)13-19(27)24-17-6-3-15(12-23)18(22)11-17/h1-6,11H,7-10,13H2,(H,24,27). The van der Waals surface area contributed by atoms with Crippen LogP contribution in [0.3, 0.4) is 0 Å². The molecule has 8 heteroatoms. The fourth-order valence-electron chi connectivity index (χ4n) is 2.97. The molecule has 1 saturated heterocycles. The fraction of sp³-hybridized carbons (Fsp3) is 0.250. The average Bonchev–Trinajstić information content (AvgIpc) is 2.69. The van der Waals surface area contributed by atoms with E-state index >= 15 is 0 Å². The number of carbonyl (C=O) groups is 2. The highest BCUT2D eigenvalue weighted by molar-refractivity contribution is 6.32. The van der Waals surface area contributed by atoms with Gasteiger partial charge >= 0.3 is 0 Å². The maximum Gasteiger partial charge on any atom is 0.253 e. The topological polar surface area (TPSA) is 76.4 Å². The number of piperazine rings is 1. The van der Waals surface area contributed by atoms with Crippen molar-refractivity contribution in [1.82, 2.24) is 9.80 Å². The first-order valence-electron chi connectivity index (χ1n) is 8.73. The Morgan fingerprint density at radius 3 is 2.32 bits per heavy atom. The van der Waals surface area contributed by atoms with Crippen molar-refractivity contribution in [3.8, 4) is 6.07 Å². The zero-order chi connectivity index (χ0) is 20.1. The third-order valence-corrected chi connectivity index (χ3v) is 5.06. The van der Waals surface area contributed by atoms with Crippen molar-refractivity contribution in [2.75, 3.05) is 38.0 Å². The van der Waals surface area contributed by atoms with E-state index in [1.807, 2.05) is 11.0 Å². The highest BCUT2D eigenvalue weighted by atomic mass is 35.5. The van der Waals surface area contributed by atoms with Gasteiger partial charge in [0, 0.05) is 42.5 Å². The van der Waals surface area contributed by atoms with E-state index < -0.39 is 0 Å². The van der Waals surface area contributed by atoms with Crippen LogP contribution in [0.4, 0.5) is 5.69 Å². The minimum Gasteiger partial charge on any atom is -0.336 e. The summed E-state index contributed by atoms with van der Waals surface area (Å²) < 4.78 is 0. The minimum atomic E-state index is -0.168. The first-order valence-corrected chi connectivity index (χ1v) is 9.48. The van der Waals surface area contributed by atoms with Crippen LogP contribution in [0.5, 0.6) is 0 Å². The molecule has 28 heavy (non-hydrogen) atoms. The van der Waals surface area contributed by atoms with E-state index in [1.165, 1.54) is 0 Å². The first kappa shape index (κ1) is 20.2. The van der Waals surface area contributed by atoms with Crippen LogP contribution in [0, 0.1) is 11.3 Å². The number of carbonyl (C=O) groups excluding carboxylic acids is 2. The molecule has 1 N–H and O–H groups in total. The number of amides is 2. The second-order valence-electron chi connectivity index (χ2n) is 6.43. The number of nitrogens with one attached hydrogen (secondary N) is 1. The molecule has 0 spiro atoms. The molecule has 0 unspecified atom stereocenters. The molecule has 1 fully saturated rings. The van der Waals surface area contributed by atoms with Crippen molar-refractivity contribution in [3.05, 3.63) is 63.6 Å². The highest BCUT2D eigenvalue weighted by Crippen LogP contribution is 2.20. The van der Waals surface area contributed by atoms with Gasteiger partial charge in [0.15, 0.2) is 0 Å².